The average molecular weight is 212 g/mol. The Morgan fingerprint density at radius 1 is 1.33 bits per heavy atom. The molecule has 1 aromatic heterocycles. The number of aromatic nitrogens is 1. The van der Waals surface area contributed by atoms with Gasteiger partial charge in [-0.2, -0.15) is 9.64 Å². The van der Waals surface area contributed by atoms with Crippen molar-refractivity contribution in [2.24, 2.45) is 0 Å². The first-order chi connectivity index (χ1) is 7.36. The smallest absolute Gasteiger partial charge is 0.103 e. The lowest BCUT2D eigenvalue weighted by Gasteiger charge is -1.95. The fraction of sp³-hybridized carbons (Fsp3) is 0. The van der Waals surface area contributed by atoms with Crippen LogP contribution in [0.2, 0.25) is 0 Å². The Labute approximate surface area is 92.3 Å². The summed E-state index contributed by atoms with van der Waals surface area (Å²) in [5.74, 6) is 0. The quantitative estimate of drug-likeness (QED) is 0.765. The molecule has 1 heterocycles. The number of rotatable bonds is 2. The van der Waals surface area contributed by atoms with Crippen molar-refractivity contribution in [3.05, 3.63) is 48.2 Å². The summed E-state index contributed by atoms with van der Waals surface area (Å²) >= 11 is 1.33. The molecule has 0 bridgehead atoms. The number of nitrogens with zero attached hydrogens (tertiary/aromatic N) is 2. The van der Waals surface area contributed by atoms with Gasteiger partial charge in [0.05, 0.1) is 16.1 Å². The summed E-state index contributed by atoms with van der Waals surface area (Å²) in [5.41, 5.74) is 2.31. The van der Waals surface area contributed by atoms with E-state index in [-0.39, 0.29) is 0 Å². The molecule has 0 radical (unpaired) electrons. The molecule has 0 aliphatic carbocycles. The highest BCUT2D eigenvalue weighted by molar-refractivity contribution is 7.10. The minimum atomic E-state index is 0.612. The van der Waals surface area contributed by atoms with Crippen molar-refractivity contribution in [1.29, 1.82) is 5.26 Å². The van der Waals surface area contributed by atoms with E-state index in [1.807, 2.05) is 30.3 Å². The fourth-order valence-electron chi connectivity index (χ4n) is 1.34. The molecule has 0 saturated heterocycles. The molecule has 3 heteroatoms. The van der Waals surface area contributed by atoms with Crippen LogP contribution < -0.4 is 0 Å². The summed E-state index contributed by atoms with van der Waals surface area (Å²) in [7, 11) is 0. The first kappa shape index (κ1) is 9.63. The Morgan fingerprint density at radius 3 is 2.67 bits per heavy atom. The van der Waals surface area contributed by atoms with Crippen molar-refractivity contribution in [3.8, 4) is 16.5 Å². The second kappa shape index (κ2) is 4.07. The molecule has 0 N–H and O–H groups in total. The number of hydrogen-bond donors (Lipinski definition) is 0. The van der Waals surface area contributed by atoms with Gasteiger partial charge in [0, 0.05) is 0 Å². The maximum absolute atomic E-state index is 9.05. The summed E-state index contributed by atoms with van der Waals surface area (Å²) in [6.45, 7) is 3.64. The van der Waals surface area contributed by atoms with Crippen LogP contribution in [0.4, 0.5) is 0 Å². The third-order valence-corrected chi connectivity index (χ3v) is 2.97. The van der Waals surface area contributed by atoms with Crippen molar-refractivity contribution in [3.63, 3.8) is 0 Å². The number of nitriles is 1. The Bertz CT molecular complexity index is 520. The topological polar surface area (TPSA) is 36.7 Å². The predicted molar refractivity (Wildman–Crippen MR) is 62.4 cm³/mol. The molecule has 0 aliphatic rings. The highest BCUT2D eigenvalue weighted by Gasteiger charge is 2.12. The normalized spacial score (nSPS) is 9.53. The molecule has 2 aromatic rings. The zero-order valence-electron chi connectivity index (χ0n) is 7.97. The predicted octanol–water partition coefficient (Wildman–Crippen LogP) is 3.32. The van der Waals surface area contributed by atoms with Crippen molar-refractivity contribution in [2.45, 2.75) is 0 Å². The zero-order chi connectivity index (χ0) is 10.7. The van der Waals surface area contributed by atoms with Crippen LogP contribution in [0.1, 0.15) is 11.3 Å². The molecule has 0 unspecified atom stereocenters. The van der Waals surface area contributed by atoms with Gasteiger partial charge in [-0.1, -0.05) is 36.9 Å². The second-order valence-electron chi connectivity index (χ2n) is 2.95. The molecular formula is C12H8N2S. The lowest BCUT2D eigenvalue weighted by molar-refractivity contribution is 1.44. The highest BCUT2D eigenvalue weighted by atomic mass is 32.1. The van der Waals surface area contributed by atoms with E-state index >= 15 is 0 Å². The number of benzene rings is 1. The molecule has 2 rings (SSSR count). The number of hydrogen-bond acceptors (Lipinski definition) is 3. The van der Waals surface area contributed by atoms with Crippen molar-refractivity contribution < 1.29 is 0 Å². The lowest BCUT2D eigenvalue weighted by Crippen LogP contribution is -1.79. The molecule has 2 nitrogen and oxygen atoms in total. The van der Waals surface area contributed by atoms with Crippen LogP contribution in [-0.4, -0.2) is 4.37 Å². The van der Waals surface area contributed by atoms with Crippen molar-refractivity contribution in [1.82, 2.24) is 4.37 Å². The largest absolute Gasteiger partial charge is 0.192 e. The van der Waals surface area contributed by atoms with Gasteiger partial charge in [-0.15, -0.1) is 0 Å². The second-order valence-corrected chi connectivity index (χ2v) is 3.73. The summed E-state index contributed by atoms with van der Waals surface area (Å²) < 4.78 is 4.18. The Hall–Kier alpha value is -1.92. The standard InChI is InChI=1S/C12H8N2S/c1-2-11-10(8-13)12(15-14-11)9-6-4-3-5-7-9/h2-7H,1H2. The first-order valence-corrected chi connectivity index (χ1v) is 5.21. The van der Waals surface area contributed by atoms with Crippen molar-refractivity contribution in [2.75, 3.05) is 0 Å². The molecule has 0 spiro atoms. The van der Waals surface area contributed by atoms with E-state index in [1.165, 1.54) is 11.5 Å². The summed E-state index contributed by atoms with van der Waals surface area (Å²) in [6, 6.07) is 12.0. The monoisotopic (exact) mass is 212 g/mol. The highest BCUT2D eigenvalue weighted by Crippen LogP contribution is 2.29. The van der Waals surface area contributed by atoms with Gasteiger partial charge in [0.25, 0.3) is 0 Å². The molecule has 0 saturated carbocycles. The molecule has 1 aromatic carbocycles. The maximum Gasteiger partial charge on any atom is 0.103 e. The van der Waals surface area contributed by atoms with E-state index in [1.54, 1.807) is 6.08 Å². The third-order valence-electron chi connectivity index (χ3n) is 2.06. The molecule has 15 heavy (non-hydrogen) atoms. The van der Waals surface area contributed by atoms with Gasteiger partial charge >= 0.3 is 0 Å². The molecular weight excluding hydrogens is 204 g/mol. The Balaban J connectivity index is 2.60. The van der Waals surface area contributed by atoms with Gasteiger partial charge in [-0.25, -0.2) is 0 Å². The maximum atomic E-state index is 9.05. The average Bonchev–Trinajstić information content (AvgIpc) is 2.72. The fourth-order valence-corrected chi connectivity index (χ4v) is 2.17. The summed E-state index contributed by atoms with van der Waals surface area (Å²) in [6.07, 6.45) is 1.61. The minimum absolute atomic E-state index is 0.612. The van der Waals surface area contributed by atoms with Crippen LogP contribution in [0.15, 0.2) is 36.9 Å². The SMILES string of the molecule is C=Cc1nsc(-c2ccccc2)c1C#N. The van der Waals surface area contributed by atoms with Gasteiger partial charge in [-0.05, 0) is 23.2 Å². The van der Waals surface area contributed by atoms with Crippen LogP contribution in [0, 0.1) is 11.3 Å². The van der Waals surface area contributed by atoms with Crippen LogP contribution in [0.25, 0.3) is 16.5 Å². The molecule has 0 aliphatic heterocycles. The van der Waals surface area contributed by atoms with Gasteiger partial charge in [0.15, 0.2) is 0 Å². The Morgan fingerprint density at radius 2 is 2.07 bits per heavy atom. The van der Waals surface area contributed by atoms with E-state index < -0.39 is 0 Å². The van der Waals surface area contributed by atoms with Crippen LogP contribution >= 0.6 is 11.5 Å². The minimum Gasteiger partial charge on any atom is -0.192 e. The molecule has 0 fully saturated rings. The molecule has 0 amide bonds. The van der Waals surface area contributed by atoms with Crippen LogP contribution in [-0.2, 0) is 0 Å². The van der Waals surface area contributed by atoms with Crippen LogP contribution in [0.3, 0.4) is 0 Å². The van der Waals surface area contributed by atoms with Gasteiger partial charge in [0.2, 0.25) is 0 Å². The lowest BCUT2D eigenvalue weighted by atomic mass is 10.1. The first-order valence-electron chi connectivity index (χ1n) is 4.44. The van der Waals surface area contributed by atoms with Gasteiger partial charge in [-0.3, -0.25) is 0 Å². The van der Waals surface area contributed by atoms with Crippen molar-refractivity contribution >= 4 is 17.6 Å². The summed E-state index contributed by atoms with van der Waals surface area (Å²) in [5, 5.41) is 9.05. The zero-order valence-corrected chi connectivity index (χ0v) is 8.79. The summed E-state index contributed by atoms with van der Waals surface area (Å²) in [4.78, 5) is 0.910. The molecule has 0 atom stereocenters. The van der Waals surface area contributed by atoms with Crippen LogP contribution in [0.5, 0.6) is 0 Å². The van der Waals surface area contributed by atoms with E-state index in [4.69, 9.17) is 5.26 Å². The van der Waals surface area contributed by atoms with E-state index in [2.05, 4.69) is 17.0 Å². The molecule has 72 valence electrons. The van der Waals surface area contributed by atoms with E-state index in [0.29, 0.717) is 11.3 Å². The van der Waals surface area contributed by atoms with Gasteiger partial charge < -0.3 is 0 Å². The third kappa shape index (κ3) is 1.67. The van der Waals surface area contributed by atoms with Gasteiger partial charge in [0.1, 0.15) is 6.07 Å². The van der Waals surface area contributed by atoms with E-state index in [9.17, 15) is 0 Å². The Kier molecular flexibility index (Phi) is 2.61. The van der Waals surface area contributed by atoms with E-state index in [0.717, 1.165) is 10.4 Å².